The normalized spacial score (nSPS) is 19.2. The van der Waals surface area contributed by atoms with Gasteiger partial charge in [-0.25, -0.2) is 0 Å². The molecular weight excluding hydrogens is 336 g/mol. The lowest BCUT2D eigenvalue weighted by atomic mass is 9.91. The lowest BCUT2D eigenvalue weighted by molar-refractivity contribution is 0.0426. The van der Waals surface area contributed by atoms with Crippen LogP contribution in [0.5, 0.6) is 5.75 Å². The van der Waals surface area contributed by atoms with Crippen LogP contribution in [-0.2, 0) is 5.66 Å². The van der Waals surface area contributed by atoms with Gasteiger partial charge in [-0.1, -0.05) is 44.2 Å². The summed E-state index contributed by atoms with van der Waals surface area (Å²) < 4.78 is 6.14. The zero-order valence-electron chi connectivity index (χ0n) is 17.0. The fraction of sp³-hybridized carbons (Fsp3) is 0.435. The van der Waals surface area contributed by atoms with E-state index in [1.165, 1.54) is 0 Å². The molecule has 1 heterocycles. The van der Waals surface area contributed by atoms with Crippen LogP contribution in [0.4, 0.5) is 5.69 Å². The molecule has 0 spiro atoms. The number of nitrogens with zero attached hydrogens (tertiary/aromatic N) is 1. The van der Waals surface area contributed by atoms with E-state index >= 15 is 0 Å². The van der Waals surface area contributed by atoms with Gasteiger partial charge in [0.15, 0.2) is 0 Å². The van der Waals surface area contributed by atoms with Crippen LogP contribution in [0.3, 0.4) is 0 Å². The predicted octanol–water partition coefficient (Wildman–Crippen LogP) is 5.26. The Morgan fingerprint density at radius 3 is 2.41 bits per heavy atom. The van der Waals surface area contributed by atoms with Crippen molar-refractivity contribution in [2.24, 2.45) is 5.92 Å². The number of para-hydroxylation sites is 2. The Morgan fingerprint density at radius 2 is 1.70 bits per heavy atom. The molecule has 1 aliphatic rings. The van der Waals surface area contributed by atoms with Gasteiger partial charge in [0.25, 0.3) is 5.91 Å². The summed E-state index contributed by atoms with van der Waals surface area (Å²) in [6, 6.07) is 15.8. The van der Waals surface area contributed by atoms with Crippen molar-refractivity contribution in [3.8, 4) is 5.75 Å². The number of hydrogen-bond acceptors (Lipinski definition) is 3. The summed E-state index contributed by atoms with van der Waals surface area (Å²) in [5.74, 6) is 1.45. The first-order valence-electron chi connectivity index (χ1n) is 9.77. The lowest BCUT2D eigenvalue weighted by Crippen LogP contribution is -2.58. The average molecular weight is 367 g/mol. The summed E-state index contributed by atoms with van der Waals surface area (Å²) in [5.41, 5.74) is 1.86. The molecule has 27 heavy (non-hydrogen) atoms. The van der Waals surface area contributed by atoms with Crippen molar-refractivity contribution in [1.29, 1.82) is 0 Å². The first-order valence-corrected chi connectivity index (χ1v) is 9.77. The fourth-order valence-electron chi connectivity index (χ4n) is 3.78. The summed E-state index contributed by atoms with van der Waals surface area (Å²) in [6.07, 6.45) is 0.994. The van der Waals surface area contributed by atoms with Crippen molar-refractivity contribution in [3.05, 3.63) is 59.7 Å². The van der Waals surface area contributed by atoms with Gasteiger partial charge in [-0.15, -0.1) is 0 Å². The third-order valence-corrected chi connectivity index (χ3v) is 5.12. The largest absolute Gasteiger partial charge is 0.493 e. The Balaban J connectivity index is 2.05. The second kappa shape index (κ2) is 7.63. The van der Waals surface area contributed by atoms with Crippen LogP contribution in [0.2, 0.25) is 0 Å². The van der Waals surface area contributed by atoms with E-state index in [4.69, 9.17) is 4.74 Å². The zero-order valence-corrected chi connectivity index (χ0v) is 17.0. The first kappa shape index (κ1) is 19.3. The number of benzene rings is 2. The quantitative estimate of drug-likeness (QED) is 0.758. The predicted molar refractivity (Wildman–Crippen MR) is 110 cm³/mol. The minimum atomic E-state index is -0.686. The van der Waals surface area contributed by atoms with Gasteiger partial charge in [0, 0.05) is 17.3 Å². The highest BCUT2D eigenvalue weighted by Crippen LogP contribution is 2.42. The molecule has 4 heteroatoms. The average Bonchev–Trinajstić information content (AvgIpc) is 2.61. The molecule has 3 rings (SSSR count). The Kier molecular flexibility index (Phi) is 5.45. The Labute approximate surface area is 162 Å². The maximum Gasteiger partial charge on any atom is 0.258 e. The van der Waals surface area contributed by atoms with Crippen LogP contribution < -0.4 is 10.1 Å². The monoisotopic (exact) mass is 366 g/mol. The molecule has 1 aliphatic heterocycles. The fourth-order valence-corrected chi connectivity index (χ4v) is 3.78. The molecule has 1 N–H and O–H groups in total. The summed E-state index contributed by atoms with van der Waals surface area (Å²) in [7, 11) is 0. The van der Waals surface area contributed by atoms with Gasteiger partial charge in [-0.2, -0.15) is 0 Å². The number of rotatable bonds is 6. The standard InChI is InChI=1S/C23H30N2O2/c1-16(2)14-15-27-21-13-9-7-11-19(21)23(5)24-20-12-8-6-10-18(20)22(26)25(23)17(3)4/h6-13,16-17,24H,14-15H2,1-5H3. The molecule has 0 aromatic heterocycles. The van der Waals surface area contributed by atoms with E-state index in [1.54, 1.807) is 0 Å². The smallest absolute Gasteiger partial charge is 0.258 e. The lowest BCUT2D eigenvalue weighted by Gasteiger charge is -2.49. The summed E-state index contributed by atoms with van der Waals surface area (Å²) in [4.78, 5) is 15.2. The van der Waals surface area contributed by atoms with Gasteiger partial charge in [-0.05, 0) is 51.3 Å². The van der Waals surface area contributed by atoms with E-state index in [0.717, 1.165) is 23.4 Å². The number of nitrogens with one attached hydrogen (secondary N) is 1. The number of hydrogen-bond donors (Lipinski definition) is 1. The van der Waals surface area contributed by atoms with Gasteiger partial charge in [0.1, 0.15) is 11.4 Å². The Bertz CT molecular complexity index is 816. The Hall–Kier alpha value is -2.49. The zero-order chi connectivity index (χ0) is 19.6. The maximum absolute atomic E-state index is 13.3. The topological polar surface area (TPSA) is 41.6 Å². The highest BCUT2D eigenvalue weighted by atomic mass is 16.5. The summed E-state index contributed by atoms with van der Waals surface area (Å²) in [6.45, 7) is 11.2. The number of carbonyl (C=O) groups is 1. The molecule has 1 atom stereocenters. The van der Waals surface area contributed by atoms with Gasteiger partial charge in [-0.3, -0.25) is 4.79 Å². The molecule has 0 saturated heterocycles. The highest BCUT2D eigenvalue weighted by molar-refractivity contribution is 6.02. The van der Waals surface area contributed by atoms with E-state index in [-0.39, 0.29) is 11.9 Å². The van der Waals surface area contributed by atoms with E-state index in [2.05, 4.69) is 26.1 Å². The SMILES string of the molecule is CC(C)CCOc1ccccc1C1(C)Nc2ccccc2C(=O)N1C(C)C. The van der Waals surface area contributed by atoms with Gasteiger partial charge in [0.05, 0.1) is 12.2 Å². The first-order chi connectivity index (χ1) is 12.8. The second-order valence-electron chi connectivity index (χ2n) is 8.04. The highest BCUT2D eigenvalue weighted by Gasteiger charge is 2.45. The van der Waals surface area contributed by atoms with Gasteiger partial charge < -0.3 is 15.0 Å². The molecule has 0 aliphatic carbocycles. The molecule has 0 radical (unpaired) electrons. The summed E-state index contributed by atoms with van der Waals surface area (Å²) in [5, 5.41) is 3.62. The van der Waals surface area contributed by atoms with Crippen molar-refractivity contribution in [2.45, 2.75) is 52.7 Å². The number of ether oxygens (including phenoxy) is 1. The van der Waals surface area contributed by atoms with Crippen LogP contribution in [0.15, 0.2) is 48.5 Å². The van der Waals surface area contributed by atoms with Crippen molar-refractivity contribution < 1.29 is 9.53 Å². The van der Waals surface area contributed by atoms with Crippen molar-refractivity contribution in [2.75, 3.05) is 11.9 Å². The molecule has 2 aromatic carbocycles. The molecule has 1 unspecified atom stereocenters. The van der Waals surface area contributed by atoms with Gasteiger partial charge in [0.2, 0.25) is 0 Å². The molecule has 0 saturated carbocycles. The number of amides is 1. The molecule has 144 valence electrons. The number of fused-ring (bicyclic) bond motifs is 1. The minimum absolute atomic E-state index is 0.0343. The molecule has 0 fully saturated rings. The van der Waals surface area contributed by atoms with Crippen LogP contribution >= 0.6 is 0 Å². The molecular formula is C23H30N2O2. The Morgan fingerprint density at radius 1 is 1.04 bits per heavy atom. The van der Waals surface area contributed by atoms with E-state index in [1.807, 2.05) is 67.3 Å². The number of carbonyl (C=O) groups excluding carboxylic acids is 1. The molecule has 2 aromatic rings. The van der Waals surface area contributed by atoms with E-state index in [9.17, 15) is 4.79 Å². The van der Waals surface area contributed by atoms with Crippen LogP contribution in [0, 0.1) is 5.92 Å². The molecule has 4 nitrogen and oxygen atoms in total. The second-order valence-corrected chi connectivity index (χ2v) is 8.04. The summed E-state index contributed by atoms with van der Waals surface area (Å²) >= 11 is 0. The molecule has 0 bridgehead atoms. The van der Waals surface area contributed by atoms with Crippen molar-refractivity contribution in [3.63, 3.8) is 0 Å². The molecule has 1 amide bonds. The van der Waals surface area contributed by atoms with E-state index in [0.29, 0.717) is 18.1 Å². The number of anilines is 1. The minimum Gasteiger partial charge on any atom is -0.493 e. The van der Waals surface area contributed by atoms with Crippen LogP contribution in [0.1, 0.15) is 57.0 Å². The van der Waals surface area contributed by atoms with Gasteiger partial charge >= 0.3 is 0 Å². The van der Waals surface area contributed by atoms with Crippen LogP contribution in [0.25, 0.3) is 0 Å². The maximum atomic E-state index is 13.3. The third kappa shape index (κ3) is 3.66. The van der Waals surface area contributed by atoms with Crippen molar-refractivity contribution >= 4 is 11.6 Å². The van der Waals surface area contributed by atoms with Crippen LogP contribution in [-0.4, -0.2) is 23.5 Å². The third-order valence-electron chi connectivity index (χ3n) is 5.12. The van der Waals surface area contributed by atoms with E-state index < -0.39 is 5.66 Å². The van der Waals surface area contributed by atoms with Crippen molar-refractivity contribution in [1.82, 2.24) is 4.90 Å².